The minimum Gasteiger partial charge on any atom is -0.369 e. The Kier molecular flexibility index (Phi) is 6.77. The molecule has 0 aromatic carbocycles. The van der Waals surface area contributed by atoms with Crippen LogP contribution in [0, 0.1) is 11.8 Å². The van der Waals surface area contributed by atoms with Crippen molar-refractivity contribution in [1.82, 2.24) is 9.29 Å². The number of amides is 2. The number of sulfonamides is 1. The van der Waals surface area contributed by atoms with Gasteiger partial charge in [-0.3, -0.25) is 9.59 Å². The molecule has 1 unspecified atom stereocenters. The summed E-state index contributed by atoms with van der Waals surface area (Å²) >= 11 is 1.20. The number of nitrogens with two attached hydrogens (primary N) is 1. The molecule has 0 radical (unpaired) electrons. The van der Waals surface area contributed by atoms with E-state index in [2.05, 4.69) is 10.3 Å². The summed E-state index contributed by atoms with van der Waals surface area (Å²) in [6.45, 7) is 2.02. The highest BCUT2D eigenvalue weighted by Crippen LogP contribution is 2.27. The van der Waals surface area contributed by atoms with Crippen LogP contribution in [-0.2, 0) is 19.6 Å². The van der Waals surface area contributed by atoms with Gasteiger partial charge in [0.05, 0.1) is 17.8 Å². The zero-order valence-corrected chi connectivity index (χ0v) is 19.3. The first kappa shape index (κ1) is 22.7. The zero-order chi connectivity index (χ0) is 22.7. The molecule has 2 aromatic rings. The topological polar surface area (TPSA) is 126 Å². The molecule has 9 nitrogen and oxygen atoms in total. The minimum atomic E-state index is -3.48. The molecular formula is C21H27N5O4S2. The van der Waals surface area contributed by atoms with Crippen LogP contribution < -0.4 is 16.0 Å². The fourth-order valence-electron chi connectivity index (χ4n) is 4.20. The van der Waals surface area contributed by atoms with Gasteiger partial charge in [0.15, 0.2) is 0 Å². The maximum Gasteiger partial charge on any atom is 0.252 e. The normalized spacial score (nSPS) is 20.8. The van der Waals surface area contributed by atoms with Crippen LogP contribution in [0.15, 0.2) is 40.1 Å². The van der Waals surface area contributed by atoms with Crippen LogP contribution in [0.4, 0.5) is 11.5 Å². The first-order chi connectivity index (χ1) is 15.3. The monoisotopic (exact) mass is 477 g/mol. The van der Waals surface area contributed by atoms with E-state index in [1.54, 1.807) is 29.8 Å². The lowest BCUT2D eigenvalue weighted by Gasteiger charge is -2.32. The van der Waals surface area contributed by atoms with Crippen molar-refractivity contribution in [2.24, 2.45) is 17.6 Å². The van der Waals surface area contributed by atoms with Crippen LogP contribution in [0.5, 0.6) is 0 Å². The smallest absolute Gasteiger partial charge is 0.252 e. The second kappa shape index (κ2) is 9.55. The number of primary amides is 1. The molecule has 0 saturated carbocycles. The summed E-state index contributed by atoms with van der Waals surface area (Å²) in [6.07, 6.45) is 4.24. The Morgan fingerprint density at radius 3 is 2.50 bits per heavy atom. The molecule has 1 atom stereocenters. The van der Waals surface area contributed by atoms with Crippen molar-refractivity contribution in [2.45, 2.75) is 29.9 Å². The van der Waals surface area contributed by atoms with E-state index in [-0.39, 0.29) is 23.7 Å². The molecule has 3 N–H and O–H groups in total. The largest absolute Gasteiger partial charge is 0.369 e. The second-order valence-corrected chi connectivity index (χ2v) is 11.3. The lowest BCUT2D eigenvalue weighted by molar-refractivity contribution is -0.122. The van der Waals surface area contributed by atoms with Gasteiger partial charge in [0, 0.05) is 32.1 Å². The number of thiophene rings is 1. The van der Waals surface area contributed by atoms with Crippen LogP contribution >= 0.6 is 11.3 Å². The van der Waals surface area contributed by atoms with E-state index in [9.17, 15) is 18.0 Å². The molecule has 2 amide bonds. The summed E-state index contributed by atoms with van der Waals surface area (Å²) in [5.41, 5.74) is 6.04. The van der Waals surface area contributed by atoms with E-state index in [1.165, 1.54) is 15.6 Å². The number of nitrogens with zero attached hydrogens (tertiary/aromatic N) is 3. The van der Waals surface area contributed by atoms with E-state index < -0.39 is 10.0 Å². The van der Waals surface area contributed by atoms with Gasteiger partial charge in [-0.25, -0.2) is 13.4 Å². The Morgan fingerprint density at radius 2 is 1.88 bits per heavy atom. The molecule has 2 saturated heterocycles. The third-order valence-electron chi connectivity index (χ3n) is 6.08. The number of aromatic nitrogens is 1. The number of nitrogens with one attached hydrogen (secondary N) is 1. The van der Waals surface area contributed by atoms with Gasteiger partial charge >= 0.3 is 0 Å². The summed E-state index contributed by atoms with van der Waals surface area (Å²) < 4.78 is 27.1. The van der Waals surface area contributed by atoms with Gasteiger partial charge in [-0.2, -0.15) is 4.31 Å². The lowest BCUT2D eigenvalue weighted by Crippen LogP contribution is -2.41. The van der Waals surface area contributed by atoms with Crippen molar-refractivity contribution in [3.63, 3.8) is 0 Å². The van der Waals surface area contributed by atoms with Crippen molar-refractivity contribution in [3.05, 3.63) is 35.8 Å². The molecule has 2 aromatic heterocycles. The first-order valence-electron chi connectivity index (χ1n) is 10.7. The average Bonchev–Trinajstić information content (AvgIpc) is 3.36. The fraction of sp³-hybridized carbons (Fsp3) is 0.476. The van der Waals surface area contributed by atoms with E-state index >= 15 is 0 Å². The Labute approximate surface area is 191 Å². The SMILES string of the molecule is NC(=O)C1CCCN(c2ccc(NC(=O)C3CCN(S(=O)(=O)c4cccs4)CC3)cn2)C1. The summed E-state index contributed by atoms with van der Waals surface area (Å²) in [7, 11) is -3.48. The Morgan fingerprint density at radius 1 is 1.09 bits per heavy atom. The minimum absolute atomic E-state index is 0.125. The summed E-state index contributed by atoms with van der Waals surface area (Å²) in [5, 5.41) is 4.63. The maximum absolute atomic E-state index is 12.7. The number of anilines is 2. The van der Waals surface area contributed by atoms with Gasteiger partial charge in [0.2, 0.25) is 11.8 Å². The number of carbonyl (C=O) groups is 2. The van der Waals surface area contributed by atoms with Crippen LogP contribution in [0.1, 0.15) is 25.7 Å². The molecule has 32 heavy (non-hydrogen) atoms. The third-order valence-corrected chi connectivity index (χ3v) is 9.35. The predicted molar refractivity (Wildman–Crippen MR) is 123 cm³/mol. The van der Waals surface area contributed by atoms with Gasteiger partial charge in [0.25, 0.3) is 10.0 Å². The number of pyridine rings is 1. The zero-order valence-electron chi connectivity index (χ0n) is 17.6. The highest BCUT2D eigenvalue weighted by atomic mass is 32.2. The molecule has 2 aliphatic rings. The van der Waals surface area contributed by atoms with Crippen molar-refractivity contribution >= 4 is 44.7 Å². The van der Waals surface area contributed by atoms with E-state index in [4.69, 9.17) is 5.73 Å². The van der Waals surface area contributed by atoms with Crippen molar-refractivity contribution in [1.29, 1.82) is 0 Å². The van der Waals surface area contributed by atoms with Gasteiger partial charge in [0.1, 0.15) is 10.0 Å². The van der Waals surface area contributed by atoms with Crippen LogP contribution in [0.3, 0.4) is 0 Å². The summed E-state index contributed by atoms with van der Waals surface area (Å²) in [6, 6.07) is 6.95. The predicted octanol–water partition coefficient (Wildman–Crippen LogP) is 1.88. The van der Waals surface area contributed by atoms with Crippen LogP contribution in [-0.4, -0.2) is 55.7 Å². The van der Waals surface area contributed by atoms with Crippen LogP contribution in [0.2, 0.25) is 0 Å². The average molecular weight is 478 g/mol. The Bertz CT molecular complexity index is 1050. The highest BCUT2D eigenvalue weighted by molar-refractivity contribution is 7.91. The molecule has 0 aliphatic carbocycles. The number of hydrogen-bond donors (Lipinski definition) is 2. The number of rotatable bonds is 6. The Balaban J connectivity index is 1.30. The van der Waals surface area contributed by atoms with E-state index in [1.807, 2.05) is 11.0 Å². The van der Waals surface area contributed by atoms with E-state index in [0.717, 1.165) is 25.2 Å². The molecule has 11 heteroatoms. The lowest BCUT2D eigenvalue weighted by atomic mass is 9.97. The molecule has 4 heterocycles. The number of piperidine rings is 2. The van der Waals surface area contributed by atoms with Gasteiger partial charge in [-0.05, 0) is 49.3 Å². The summed E-state index contributed by atoms with van der Waals surface area (Å²) in [5.74, 6) is -0.0735. The Hall–Kier alpha value is -2.50. The molecule has 2 aliphatic heterocycles. The van der Waals surface area contributed by atoms with E-state index in [0.29, 0.717) is 42.4 Å². The molecule has 2 fully saturated rings. The number of carbonyl (C=O) groups excluding carboxylic acids is 2. The second-order valence-electron chi connectivity index (χ2n) is 8.19. The van der Waals surface area contributed by atoms with Crippen molar-refractivity contribution < 1.29 is 18.0 Å². The molecule has 0 bridgehead atoms. The van der Waals surface area contributed by atoms with Gasteiger partial charge < -0.3 is 16.0 Å². The quantitative estimate of drug-likeness (QED) is 0.654. The maximum atomic E-state index is 12.7. The van der Waals surface area contributed by atoms with Crippen LogP contribution in [0.25, 0.3) is 0 Å². The molecule has 0 spiro atoms. The van der Waals surface area contributed by atoms with Gasteiger partial charge in [-0.15, -0.1) is 11.3 Å². The van der Waals surface area contributed by atoms with Crippen molar-refractivity contribution in [2.75, 3.05) is 36.4 Å². The van der Waals surface area contributed by atoms with Crippen molar-refractivity contribution in [3.8, 4) is 0 Å². The summed E-state index contributed by atoms with van der Waals surface area (Å²) in [4.78, 5) is 30.6. The highest BCUT2D eigenvalue weighted by Gasteiger charge is 2.32. The number of hydrogen-bond acceptors (Lipinski definition) is 7. The molecular weight excluding hydrogens is 450 g/mol. The standard InChI is InChI=1S/C21H27N5O4S2/c22-20(27)16-3-1-9-25(14-16)18-6-5-17(13-23-18)24-21(28)15-7-10-26(11-8-15)32(29,30)19-4-2-12-31-19/h2,4-6,12-13,15-16H,1,3,7-11,14H2,(H2,22,27)(H,24,28). The fourth-order valence-corrected chi connectivity index (χ4v) is 6.82. The first-order valence-corrected chi connectivity index (χ1v) is 13.0. The molecule has 4 rings (SSSR count). The molecule has 172 valence electrons. The van der Waals surface area contributed by atoms with Gasteiger partial charge in [-0.1, -0.05) is 6.07 Å². The third kappa shape index (κ3) is 4.94.